The predicted octanol–water partition coefficient (Wildman–Crippen LogP) is 3.52. The summed E-state index contributed by atoms with van der Waals surface area (Å²) >= 11 is 3.47. The fourth-order valence-corrected chi connectivity index (χ4v) is 3.02. The van der Waals surface area contributed by atoms with Gasteiger partial charge < -0.3 is 23.7 Å². The van der Waals surface area contributed by atoms with Crippen LogP contribution in [0.15, 0.2) is 34.8 Å². The molecule has 0 radical (unpaired) electrons. The quantitative estimate of drug-likeness (QED) is 0.663. The van der Waals surface area contributed by atoms with Crippen molar-refractivity contribution in [2.45, 2.75) is 13.0 Å². The minimum atomic E-state index is -0.334. The van der Waals surface area contributed by atoms with Crippen molar-refractivity contribution in [2.24, 2.45) is 0 Å². The van der Waals surface area contributed by atoms with Gasteiger partial charge in [0.25, 0.3) is 0 Å². The second-order valence-corrected chi connectivity index (χ2v) is 6.47. The highest BCUT2D eigenvalue weighted by atomic mass is 79.9. The molecule has 0 bridgehead atoms. The molecule has 0 saturated heterocycles. The molecule has 0 aromatic heterocycles. The van der Waals surface area contributed by atoms with E-state index >= 15 is 0 Å². The SMILES string of the molecule is COc1ccc(CC(=O)OCc2cc3c(cc2Br)OCCO3)cc1OC. The molecule has 2 aromatic carbocycles. The lowest BCUT2D eigenvalue weighted by Crippen LogP contribution is -2.16. The number of esters is 1. The lowest BCUT2D eigenvalue weighted by Gasteiger charge is -2.20. The Morgan fingerprint density at radius 2 is 1.73 bits per heavy atom. The van der Waals surface area contributed by atoms with E-state index in [-0.39, 0.29) is 19.0 Å². The number of fused-ring (bicyclic) bond motifs is 1. The Kier molecular flexibility index (Phi) is 5.88. The van der Waals surface area contributed by atoms with Crippen LogP contribution in [0.5, 0.6) is 23.0 Å². The number of ether oxygens (including phenoxy) is 5. The number of hydrogen-bond acceptors (Lipinski definition) is 6. The minimum Gasteiger partial charge on any atom is -0.493 e. The summed E-state index contributed by atoms with van der Waals surface area (Å²) in [6.45, 7) is 1.18. The number of rotatable bonds is 6. The van der Waals surface area contributed by atoms with Gasteiger partial charge in [-0.15, -0.1) is 0 Å². The zero-order valence-corrected chi connectivity index (χ0v) is 16.1. The van der Waals surface area contributed by atoms with E-state index < -0.39 is 0 Å². The summed E-state index contributed by atoms with van der Waals surface area (Å²) in [7, 11) is 3.12. The highest BCUT2D eigenvalue weighted by Gasteiger charge is 2.16. The number of carbonyl (C=O) groups excluding carboxylic acids is 1. The monoisotopic (exact) mass is 422 g/mol. The molecular weight excluding hydrogens is 404 g/mol. The van der Waals surface area contributed by atoms with E-state index in [0.717, 1.165) is 15.6 Å². The fraction of sp³-hybridized carbons (Fsp3) is 0.316. The summed E-state index contributed by atoms with van der Waals surface area (Å²) in [5, 5.41) is 0. The maximum Gasteiger partial charge on any atom is 0.310 e. The van der Waals surface area contributed by atoms with Crippen LogP contribution >= 0.6 is 15.9 Å². The van der Waals surface area contributed by atoms with Crippen molar-refractivity contribution in [2.75, 3.05) is 27.4 Å². The van der Waals surface area contributed by atoms with Crippen molar-refractivity contribution < 1.29 is 28.5 Å². The topological polar surface area (TPSA) is 63.2 Å². The first-order valence-electron chi connectivity index (χ1n) is 8.05. The molecule has 0 aliphatic carbocycles. The summed E-state index contributed by atoms with van der Waals surface area (Å²) in [5.74, 6) is 2.20. The summed E-state index contributed by atoms with van der Waals surface area (Å²) in [6.07, 6.45) is 0.141. The van der Waals surface area contributed by atoms with Crippen molar-refractivity contribution in [1.29, 1.82) is 0 Å². The molecule has 3 rings (SSSR count). The van der Waals surface area contributed by atoms with Crippen molar-refractivity contribution in [3.63, 3.8) is 0 Å². The first-order valence-corrected chi connectivity index (χ1v) is 8.84. The Balaban J connectivity index is 1.62. The Morgan fingerprint density at radius 3 is 2.42 bits per heavy atom. The highest BCUT2D eigenvalue weighted by Crippen LogP contribution is 2.36. The van der Waals surface area contributed by atoms with E-state index in [9.17, 15) is 4.79 Å². The van der Waals surface area contributed by atoms with Gasteiger partial charge in [-0.2, -0.15) is 0 Å². The molecule has 138 valence electrons. The van der Waals surface area contributed by atoms with Crippen molar-refractivity contribution in [3.8, 4) is 23.0 Å². The summed E-state index contributed by atoms with van der Waals surface area (Å²) in [6, 6.07) is 8.98. The summed E-state index contributed by atoms with van der Waals surface area (Å²) in [4.78, 5) is 12.2. The molecular formula is C19H19BrO6. The summed E-state index contributed by atoms with van der Waals surface area (Å²) < 4.78 is 27.7. The molecule has 6 nitrogen and oxygen atoms in total. The summed E-state index contributed by atoms with van der Waals surface area (Å²) in [5.41, 5.74) is 1.60. The molecule has 1 heterocycles. The van der Waals surface area contributed by atoms with Gasteiger partial charge in [-0.1, -0.05) is 22.0 Å². The van der Waals surface area contributed by atoms with E-state index in [1.165, 1.54) is 0 Å². The van der Waals surface area contributed by atoms with Gasteiger partial charge in [-0.25, -0.2) is 0 Å². The van der Waals surface area contributed by atoms with Gasteiger partial charge in [0.1, 0.15) is 19.8 Å². The number of halogens is 1. The Hall–Kier alpha value is -2.41. The first kappa shape index (κ1) is 18.4. The lowest BCUT2D eigenvalue weighted by atomic mass is 10.1. The second-order valence-electron chi connectivity index (χ2n) is 5.61. The van der Waals surface area contributed by atoms with Crippen LogP contribution in [0.3, 0.4) is 0 Å². The highest BCUT2D eigenvalue weighted by molar-refractivity contribution is 9.10. The molecule has 2 aromatic rings. The van der Waals surface area contributed by atoms with Crippen LogP contribution in [-0.4, -0.2) is 33.4 Å². The van der Waals surface area contributed by atoms with Crippen LogP contribution in [0.4, 0.5) is 0 Å². The van der Waals surface area contributed by atoms with Gasteiger partial charge in [0.15, 0.2) is 23.0 Å². The zero-order chi connectivity index (χ0) is 18.5. The molecule has 0 fully saturated rings. The second kappa shape index (κ2) is 8.31. The van der Waals surface area contributed by atoms with E-state index in [0.29, 0.717) is 36.2 Å². The maximum absolute atomic E-state index is 12.2. The average Bonchev–Trinajstić information content (AvgIpc) is 2.66. The van der Waals surface area contributed by atoms with Crippen molar-refractivity contribution in [3.05, 3.63) is 45.9 Å². The largest absolute Gasteiger partial charge is 0.493 e. The van der Waals surface area contributed by atoms with E-state index in [2.05, 4.69) is 15.9 Å². The van der Waals surface area contributed by atoms with E-state index in [1.54, 1.807) is 26.4 Å². The lowest BCUT2D eigenvalue weighted by molar-refractivity contribution is -0.144. The van der Waals surface area contributed by atoms with Crippen molar-refractivity contribution >= 4 is 21.9 Å². The molecule has 0 unspecified atom stereocenters. The minimum absolute atomic E-state index is 0.141. The zero-order valence-electron chi connectivity index (χ0n) is 14.5. The van der Waals surface area contributed by atoms with Gasteiger partial charge in [0, 0.05) is 10.0 Å². The molecule has 1 aliphatic rings. The Labute approximate surface area is 160 Å². The fourth-order valence-electron chi connectivity index (χ4n) is 2.58. The van der Waals surface area contributed by atoms with Crippen LogP contribution in [0.1, 0.15) is 11.1 Å². The van der Waals surface area contributed by atoms with Crippen LogP contribution < -0.4 is 18.9 Å². The van der Waals surface area contributed by atoms with Gasteiger partial charge >= 0.3 is 5.97 Å². The van der Waals surface area contributed by atoms with Gasteiger partial charge in [-0.3, -0.25) is 4.79 Å². The molecule has 26 heavy (non-hydrogen) atoms. The Bertz CT molecular complexity index is 805. The van der Waals surface area contributed by atoms with Gasteiger partial charge in [-0.05, 0) is 29.8 Å². The third-order valence-corrected chi connectivity index (χ3v) is 4.63. The molecule has 0 spiro atoms. The first-order chi connectivity index (χ1) is 12.6. The van der Waals surface area contributed by atoms with Gasteiger partial charge in [0.2, 0.25) is 0 Å². The molecule has 0 N–H and O–H groups in total. The Morgan fingerprint density at radius 1 is 1.04 bits per heavy atom. The van der Waals surface area contributed by atoms with Gasteiger partial charge in [0.05, 0.1) is 20.6 Å². The molecule has 0 amide bonds. The third-order valence-electron chi connectivity index (χ3n) is 3.90. The standard InChI is InChI=1S/C19H19BrO6/c1-22-15-4-3-12(7-16(15)23-2)8-19(21)26-11-13-9-17-18(10-14(13)20)25-6-5-24-17/h3-4,7,9-10H,5-6,8,11H2,1-2H3. The average molecular weight is 423 g/mol. The maximum atomic E-state index is 12.2. The molecule has 7 heteroatoms. The smallest absolute Gasteiger partial charge is 0.310 e. The molecule has 0 saturated carbocycles. The van der Waals surface area contributed by atoms with Crippen LogP contribution in [-0.2, 0) is 22.6 Å². The number of benzene rings is 2. The third kappa shape index (κ3) is 4.22. The number of methoxy groups -OCH3 is 2. The number of hydrogen-bond donors (Lipinski definition) is 0. The van der Waals surface area contributed by atoms with Crippen LogP contribution in [0, 0.1) is 0 Å². The van der Waals surface area contributed by atoms with E-state index in [1.807, 2.05) is 18.2 Å². The normalized spacial score (nSPS) is 12.4. The van der Waals surface area contributed by atoms with E-state index in [4.69, 9.17) is 23.7 Å². The van der Waals surface area contributed by atoms with Crippen LogP contribution in [0.25, 0.3) is 0 Å². The van der Waals surface area contributed by atoms with Crippen molar-refractivity contribution in [1.82, 2.24) is 0 Å². The van der Waals surface area contributed by atoms with Crippen LogP contribution in [0.2, 0.25) is 0 Å². The molecule has 0 atom stereocenters. The molecule has 1 aliphatic heterocycles. The predicted molar refractivity (Wildman–Crippen MR) is 98.2 cm³/mol. The number of carbonyl (C=O) groups is 1.